The third-order valence-corrected chi connectivity index (χ3v) is 5.58. The minimum atomic E-state index is -3.82. The summed E-state index contributed by atoms with van der Waals surface area (Å²) >= 11 is 0. The van der Waals surface area contributed by atoms with E-state index in [4.69, 9.17) is 0 Å². The van der Waals surface area contributed by atoms with Crippen molar-refractivity contribution in [3.8, 4) is 5.75 Å². The summed E-state index contributed by atoms with van der Waals surface area (Å²) in [6.45, 7) is 3.54. The molecule has 0 fully saturated rings. The van der Waals surface area contributed by atoms with Gasteiger partial charge in [0.15, 0.2) is 0 Å². The van der Waals surface area contributed by atoms with Crippen LogP contribution in [0.2, 0.25) is 0 Å². The van der Waals surface area contributed by atoms with E-state index in [0.717, 1.165) is 5.69 Å². The number of aryl methyl sites for hydroxylation is 2. The van der Waals surface area contributed by atoms with Gasteiger partial charge in [0.2, 0.25) is 5.95 Å². The van der Waals surface area contributed by atoms with E-state index in [1.54, 1.807) is 44.2 Å². The summed E-state index contributed by atoms with van der Waals surface area (Å²) in [5, 5.41) is 10.1. The number of aromatic nitrogens is 2. The molecule has 0 bridgehead atoms. The molecule has 0 atom stereocenters. The van der Waals surface area contributed by atoms with E-state index in [9.17, 15) is 13.5 Å². The Morgan fingerprint density at radius 2 is 1.63 bits per heavy atom. The summed E-state index contributed by atoms with van der Waals surface area (Å²) < 4.78 is 27.5. The highest BCUT2D eigenvalue weighted by Gasteiger charge is 2.16. The van der Waals surface area contributed by atoms with Crippen molar-refractivity contribution in [3.63, 3.8) is 0 Å². The summed E-state index contributed by atoms with van der Waals surface area (Å²) in [5.74, 6) is 0.146. The summed E-state index contributed by atoms with van der Waals surface area (Å²) in [7, 11) is -0.0456. The van der Waals surface area contributed by atoms with Crippen LogP contribution in [0.3, 0.4) is 0 Å². The van der Waals surface area contributed by atoms with Crippen molar-refractivity contribution in [2.75, 3.05) is 23.7 Å². The monoisotopic (exact) mass is 425 g/mol. The Morgan fingerprint density at radius 1 is 1.00 bits per heavy atom. The molecule has 0 spiro atoms. The number of hydrogen-bond donors (Lipinski definition) is 2. The Bertz CT molecular complexity index is 1170. The van der Waals surface area contributed by atoms with E-state index in [1.807, 2.05) is 25.1 Å². The normalized spacial score (nSPS) is 11.6. The van der Waals surface area contributed by atoms with Crippen LogP contribution in [0.4, 0.5) is 17.3 Å². The van der Waals surface area contributed by atoms with Crippen molar-refractivity contribution in [1.29, 1.82) is 0 Å². The standard InChI is InChI=1S/C21H23N5O3S/c1-14-11-15(2)24-21(23-14)25-30(28,29)19-9-6-17(7-10-19)22-13-16-5-8-18(26(3)4)12-20(16)27/h5-13,27H,1-4H3,(H,23,24,25). The van der Waals surface area contributed by atoms with E-state index in [1.165, 1.54) is 18.3 Å². The molecule has 0 aliphatic heterocycles. The first-order valence-corrected chi connectivity index (χ1v) is 10.6. The molecule has 8 nitrogen and oxygen atoms in total. The number of aliphatic imine (C=N–C) groups is 1. The van der Waals surface area contributed by atoms with Gasteiger partial charge in [0.05, 0.1) is 10.6 Å². The maximum atomic E-state index is 12.6. The first kappa shape index (κ1) is 21.3. The Morgan fingerprint density at radius 3 is 2.20 bits per heavy atom. The molecule has 0 unspecified atom stereocenters. The second-order valence-electron chi connectivity index (χ2n) is 6.97. The average molecular weight is 426 g/mol. The molecule has 30 heavy (non-hydrogen) atoms. The van der Waals surface area contributed by atoms with E-state index < -0.39 is 10.0 Å². The number of benzene rings is 2. The zero-order chi connectivity index (χ0) is 21.9. The van der Waals surface area contributed by atoms with Crippen LogP contribution in [0.15, 0.2) is 58.4 Å². The lowest BCUT2D eigenvalue weighted by Gasteiger charge is -2.13. The first-order chi connectivity index (χ1) is 14.1. The number of rotatable bonds is 6. The van der Waals surface area contributed by atoms with E-state index in [2.05, 4.69) is 19.7 Å². The molecule has 1 aromatic heterocycles. The SMILES string of the molecule is Cc1cc(C)nc(NS(=O)(=O)c2ccc(N=Cc3ccc(N(C)C)cc3O)cc2)n1. The van der Waals surface area contributed by atoms with Crippen molar-refractivity contribution < 1.29 is 13.5 Å². The summed E-state index contributed by atoms with van der Waals surface area (Å²) in [6.07, 6.45) is 1.53. The molecule has 0 amide bonds. The van der Waals surface area contributed by atoms with E-state index in [-0.39, 0.29) is 16.6 Å². The predicted molar refractivity (Wildman–Crippen MR) is 118 cm³/mol. The molecule has 156 valence electrons. The number of phenolic OH excluding ortho intramolecular Hbond substituents is 1. The lowest BCUT2D eigenvalue weighted by Crippen LogP contribution is -2.15. The Hall–Kier alpha value is -3.46. The fourth-order valence-electron chi connectivity index (χ4n) is 2.73. The third-order valence-electron chi connectivity index (χ3n) is 4.24. The van der Waals surface area contributed by atoms with Crippen molar-refractivity contribution in [3.05, 3.63) is 65.5 Å². The van der Waals surface area contributed by atoms with Crippen LogP contribution in [0.1, 0.15) is 17.0 Å². The fraction of sp³-hybridized carbons (Fsp3) is 0.190. The number of anilines is 2. The van der Waals surface area contributed by atoms with Gasteiger partial charge in [-0.2, -0.15) is 0 Å². The quantitative estimate of drug-likeness (QED) is 0.586. The van der Waals surface area contributed by atoms with Gasteiger partial charge < -0.3 is 10.0 Å². The molecular formula is C21H23N5O3S. The molecule has 1 heterocycles. The van der Waals surface area contributed by atoms with Crippen LogP contribution in [0, 0.1) is 13.8 Å². The molecule has 0 saturated carbocycles. The van der Waals surface area contributed by atoms with Crippen LogP contribution < -0.4 is 9.62 Å². The molecular weight excluding hydrogens is 402 g/mol. The largest absolute Gasteiger partial charge is 0.507 e. The Kier molecular flexibility index (Phi) is 6.02. The van der Waals surface area contributed by atoms with Gasteiger partial charge in [-0.05, 0) is 56.3 Å². The topological polar surface area (TPSA) is 108 Å². The highest BCUT2D eigenvalue weighted by atomic mass is 32.2. The highest BCUT2D eigenvalue weighted by Crippen LogP contribution is 2.24. The van der Waals surface area contributed by atoms with Gasteiger partial charge in [-0.1, -0.05) is 0 Å². The number of nitrogens with zero attached hydrogens (tertiary/aromatic N) is 4. The number of sulfonamides is 1. The van der Waals surface area contributed by atoms with Gasteiger partial charge in [-0.15, -0.1) is 0 Å². The first-order valence-electron chi connectivity index (χ1n) is 9.13. The van der Waals surface area contributed by atoms with Crippen LogP contribution >= 0.6 is 0 Å². The molecule has 0 aliphatic carbocycles. The minimum Gasteiger partial charge on any atom is -0.507 e. The van der Waals surface area contributed by atoms with Crippen LogP contribution in [-0.4, -0.2) is 43.8 Å². The molecule has 2 N–H and O–H groups in total. The van der Waals surface area contributed by atoms with Crippen molar-refractivity contribution in [1.82, 2.24) is 9.97 Å². The molecule has 2 aromatic carbocycles. The molecule has 0 aliphatic rings. The fourth-order valence-corrected chi connectivity index (χ4v) is 3.67. The average Bonchev–Trinajstić information content (AvgIpc) is 2.66. The predicted octanol–water partition coefficient (Wildman–Crippen LogP) is 3.42. The number of aromatic hydroxyl groups is 1. The van der Waals surface area contributed by atoms with Gasteiger partial charge in [0.25, 0.3) is 10.0 Å². The zero-order valence-corrected chi connectivity index (χ0v) is 18.0. The van der Waals surface area contributed by atoms with E-state index >= 15 is 0 Å². The molecule has 3 aromatic rings. The summed E-state index contributed by atoms with van der Waals surface area (Å²) in [5.41, 5.74) is 3.33. The minimum absolute atomic E-state index is 0.0336. The maximum Gasteiger partial charge on any atom is 0.264 e. The van der Waals surface area contributed by atoms with Gasteiger partial charge in [0.1, 0.15) is 5.75 Å². The van der Waals surface area contributed by atoms with Crippen LogP contribution in [-0.2, 0) is 10.0 Å². The van der Waals surface area contributed by atoms with Gasteiger partial charge >= 0.3 is 0 Å². The zero-order valence-electron chi connectivity index (χ0n) is 17.2. The second kappa shape index (κ2) is 8.50. The molecule has 0 radical (unpaired) electrons. The summed E-state index contributed by atoms with van der Waals surface area (Å²) in [4.78, 5) is 14.5. The smallest absolute Gasteiger partial charge is 0.264 e. The lowest BCUT2D eigenvalue weighted by atomic mass is 10.2. The Balaban J connectivity index is 1.76. The third kappa shape index (κ3) is 5.12. The molecule has 3 rings (SSSR count). The molecule has 0 saturated heterocycles. The van der Waals surface area contributed by atoms with E-state index in [0.29, 0.717) is 22.6 Å². The van der Waals surface area contributed by atoms with Crippen molar-refractivity contribution in [2.24, 2.45) is 4.99 Å². The highest BCUT2D eigenvalue weighted by molar-refractivity contribution is 7.92. The van der Waals surface area contributed by atoms with Crippen molar-refractivity contribution >= 4 is 33.6 Å². The van der Waals surface area contributed by atoms with Gasteiger partial charge in [-0.25, -0.2) is 23.1 Å². The summed E-state index contributed by atoms with van der Waals surface area (Å²) in [6, 6.07) is 13.1. The van der Waals surface area contributed by atoms with Gasteiger partial charge in [0, 0.05) is 49.0 Å². The van der Waals surface area contributed by atoms with Crippen molar-refractivity contribution in [2.45, 2.75) is 18.7 Å². The molecule has 9 heteroatoms. The van der Waals surface area contributed by atoms with Crippen LogP contribution in [0.5, 0.6) is 5.75 Å². The Labute approximate surface area is 176 Å². The van der Waals surface area contributed by atoms with Crippen LogP contribution in [0.25, 0.3) is 0 Å². The number of hydrogen-bond acceptors (Lipinski definition) is 7. The van der Waals surface area contributed by atoms with Gasteiger partial charge in [-0.3, -0.25) is 4.99 Å². The number of nitrogens with one attached hydrogen (secondary N) is 1. The maximum absolute atomic E-state index is 12.6. The number of phenols is 1. The second-order valence-corrected chi connectivity index (χ2v) is 8.65. The lowest BCUT2D eigenvalue weighted by molar-refractivity contribution is 0.474.